The molecule has 30 heavy (non-hydrogen) atoms. The van der Waals surface area contributed by atoms with E-state index in [4.69, 9.17) is 0 Å². The highest BCUT2D eigenvalue weighted by Gasteiger charge is 2.16. The van der Waals surface area contributed by atoms with Crippen molar-refractivity contribution < 1.29 is 14.5 Å². The molecule has 0 bridgehead atoms. The molecule has 2 aromatic rings. The van der Waals surface area contributed by atoms with Gasteiger partial charge in [-0.25, -0.2) is 0 Å². The number of hydrogen-bond acceptors (Lipinski definition) is 3. The van der Waals surface area contributed by atoms with E-state index in [0.29, 0.717) is 6.54 Å². The lowest BCUT2D eigenvalue weighted by atomic mass is 10.0. The summed E-state index contributed by atoms with van der Waals surface area (Å²) in [6.07, 6.45) is 3.97. The van der Waals surface area contributed by atoms with Gasteiger partial charge in [-0.2, -0.15) is 0 Å². The Morgan fingerprint density at radius 3 is 2.43 bits per heavy atom. The maximum absolute atomic E-state index is 12.2. The third-order valence-corrected chi connectivity index (χ3v) is 6.30. The molecule has 2 amide bonds. The van der Waals surface area contributed by atoms with Crippen molar-refractivity contribution in [3.63, 3.8) is 0 Å². The van der Waals surface area contributed by atoms with Crippen LogP contribution in [0.4, 0.5) is 5.69 Å². The van der Waals surface area contributed by atoms with Crippen LogP contribution < -0.4 is 15.5 Å². The fourth-order valence-corrected chi connectivity index (χ4v) is 4.45. The van der Waals surface area contributed by atoms with Gasteiger partial charge in [0, 0.05) is 17.8 Å². The zero-order valence-corrected chi connectivity index (χ0v) is 18.5. The van der Waals surface area contributed by atoms with Gasteiger partial charge in [0.05, 0.1) is 24.6 Å². The number of aryl methyl sites for hydroxylation is 1. The standard InChI is InChI=1S/C24H31N3O2S/c1-19-8-7-11-22(14-19)26-24(29)18-30-17-23(28)25-15-20-9-3-4-10-21(20)16-27-12-5-2-6-13-27/h3-4,7-11,14H,2,5-6,12-13,15-18H2,1H3,(H,25,28)(H,26,29)/p+1. The summed E-state index contributed by atoms with van der Waals surface area (Å²) in [5.41, 5.74) is 4.39. The number of carbonyl (C=O) groups excluding carboxylic acids is 2. The molecule has 0 aromatic heterocycles. The van der Waals surface area contributed by atoms with E-state index in [2.05, 4.69) is 28.8 Å². The second kappa shape index (κ2) is 11.8. The minimum Gasteiger partial charge on any atom is -0.351 e. The molecule has 2 aromatic carbocycles. The number of quaternary nitrogens is 1. The average Bonchev–Trinajstić information content (AvgIpc) is 2.74. The second-order valence-electron chi connectivity index (χ2n) is 7.94. The first-order valence-corrected chi connectivity index (χ1v) is 11.9. The molecule has 5 nitrogen and oxygen atoms in total. The van der Waals surface area contributed by atoms with Gasteiger partial charge in [-0.1, -0.05) is 36.4 Å². The number of carbonyl (C=O) groups is 2. The lowest BCUT2D eigenvalue weighted by molar-refractivity contribution is -0.918. The fraction of sp³-hybridized carbons (Fsp3) is 0.417. The van der Waals surface area contributed by atoms with E-state index in [1.807, 2.05) is 37.3 Å². The van der Waals surface area contributed by atoms with Gasteiger partial charge in [-0.3, -0.25) is 9.59 Å². The van der Waals surface area contributed by atoms with E-state index in [-0.39, 0.29) is 23.3 Å². The van der Waals surface area contributed by atoms with Gasteiger partial charge in [0.25, 0.3) is 0 Å². The van der Waals surface area contributed by atoms with Crippen LogP contribution in [0.5, 0.6) is 0 Å². The van der Waals surface area contributed by atoms with Crippen molar-refractivity contribution in [2.45, 2.75) is 39.3 Å². The number of piperidine rings is 1. The molecule has 3 rings (SSSR count). The Hall–Kier alpha value is -2.31. The van der Waals surface area contributed by atoms with Crippen LogP contribution in [0.1, 0.15) is 36.0 Å². The van der Waals surface area contributed by atoms with Crippen molar-refractivity contribution in [2.24, 2.45) is 0 Å². The number of thioether (sulfide) groups is 1. The van der Waals surface area contributed by atoms with Gasteiger partial charge in [0.15, 0.2) is 0 Å². The van der Waals surface area contributed by atoms with E-state index in [9.17, 15) is 9.59 Å². The van der Waals surface area contributed by atoms with E-state index in [1.165, 1.54) is 55.2 Å². The molecule has 1 saturated heterocycles. The van der Waals surface area contributed by atoms with E-state index < -0.39 is 0 Å². The van der Waals surface area contributed by atoms with Gasteiger partial charge in [0.2, 0.25) is 11.8 Å². The molecule has 0 radical (unpaired) electrons. The van der Waals surface area contributed by atoms with Gasteiger partial charge in [-0.05, 0) is 49.4 Å². The third-order valence-electron chi connectivity index (χ3n) is 5.36. The molecule has 1 aliphatic rings. The highest BCUT2D eigenvalue weighted by Crippen LogP contribution is 2.11. The molecule has 0 saturated carbocycles. The van der Waals surface area contributed by atoms with Crippen molar-refractivity contribution in [3.8, 4) is 0 Å². The predicted octanol–water partition coefficient (Wildman–Crippen LogP) is 2.55. The van der Waals surface area contributed by atoms with E-state index >= 15 is 0 Å². The van der Waals surface area contributed by atoms with Crippen LogP contribution in [0.25, 0.3) is 0 Å². The minimum atomic E-state index is -0.0896. The summed E-state index contributed by atoms with van der Waals surface area (Å²) >= 11 is 1.33. The lowest BCUT2D eigenvalue weighted by Gasteiger charge is -2.24. The second-order valence-corrected chi connectivity index (χ2v) is 8.93. The summed E-state index contributed by atoms with van der Waals surface area (Å²) in [5.74, 6) is 0.411. The Bertz CT molecular complexity index is 850. The van der Waals surface area contributed by atoms with Gasteiger partial charge < -0.3 is 15.5 Å². The molecular weight excluding hydrogens is 394 g/mol. The zero-order chi connectivity index (χ0) is 21.2. The molecule has 0 spiro atoms. The molecule has 0 atom stereocenters. The summed E-state index contributed by atoms with van der Waals surface area (Å²) in [5, 5.41) is 5.87. The van der Waals surface area contributed by atoms with Crippen LogP contribution in [0.2, 0.25) is 0 Å². The molecule has 0 unspecified atom stereocenters. The maximum Gasteiger partial charge on any atom is 0.234 e. The summed E-state index contributed by atoms with van der Waals surface area (Å²) in [7, 11) is 0. The first-order valence-electron chi connectivity index (χ1n) is 10.7. The fourth-order valence-electron chi connectivity index (χ4n) is 3.80. The van der Waals surface area contributed by atoms with Crippen molar-refractivity contribution in [1.82, 2.24) is 5.32 Å². The Labute approximate surface area is 183 Å². The highest BCUT2D eigenvalue weighted by atomic mass is 32.2. The molecule has 1 aliphatic heterocycles. The summed E-state index contributed by atoms with van der Waals surface area (Å²) in [6, 6.07) is 16.1. The molecule has 6 heteroatoms. The van der Waals surface area contributed by atoms with Crippen LogP contribution in [0.15, 0.2) is 48.5 Å². The van der Waals surface area contributed by atoms with Crippen LogP contribution in [-0.2, 0) is 22.7 Å². The summed E-state index contributed by atoms with van der Waals surface area (Å²) < 4.78 is 0. The molecular formula is C24H32N3O2S+. The van der Waals surface area contributed by atoms with Crippen molar-refractivity contribution >= 4 is 29.3 Å². The summed E-state index contributed by atoms with van der Waals surface area (Å²) in [6.45, 7) is 6.03. The summed E-state index contributed by atoms with van der Waals surface area (Å²) in [4.78, 5) is 25.9. The van der Waals surface area contributed by atoms with E-state index in [1.54, 1.807) is 4.90 Å². The Kier molecular flexibility index (Phi) is 8.78. The highest BCUT2D eigenvalue weighted by molar-refractivity contribution is 8.00. The Balaban J connectivity index is 1.39. The van der Waals surface area contributed by atoms with Crippen LogP contribution in [0.3, 0.4) is 0 Å². The molecule has 0 aliphatic carbocycles. The van der Waals surface area contributed by atoms with Gasteiger partial charge >= 0.3 is 0 Å². The quantitative estimate of drug-likeness (QED) is 0.578. The molecule has 1 fully saturated rings. The molecule has 3 N–H and O–H groups in total. The van der Waals surface area contributed by atoms with E-state index in [0.717, 1.165) is 17.8 Å². The molecule has 1 heterocycles. The maximum atomic E-state index is 12.2. The molecule has 160 valence electrons. The van der Waals surface area contributed by atoms with Crippen LogP contribution in [0, 0.1) is 6.92 Å². The Morgan fingerprint density at radius 2 is 1.67 bits per heavy atom. The number of benzene rings is 2. The SMILES string of the molecule is Cc1cccc(NC(=O)CSCC(=O)NCc2ccccc2C[NH+]2CCCCC2)c1. The average molecular weight is 427 g/mol. The van der Waals surface area contributed by atoms with Crippen LogP contribution in [-0.4, -0.2) is 36.4 Å². The monoisotopic (exact) mass is 426 g/mol. The minimum absolute atomic E-state index is 0.0384. The number of amides is 2. The third kappa shape index (κ3) is 7.50. The first kappa shape index (κ1) is 22.4. The van der Waals surface area contributed by atoms with Crippen LogP contribution >= 0.6 is 11.8 Å². The number of likely N-dealkylation sites (tertiary alicyclic amines) is 1. The lowest BCUT2D eigenvalue weighted by Crippen LogP contribution is -3.11. The number of nitrogens with one attached hydrogen (secondary N) is 3. The number of hydrogen-bond donors (Lipinski definition) is 3. The van der Waals surface area contributed by atoms with Crippen molar-refractivity contribution in [1.29, 1.82) is 0 Å². The van der Waals surface area contributed by atoms with Gasteiger partial charge in [-0.15, -0.1) is 11.8 Å². The zero-order valence-electron chi connectivity index (χ0n) is 17.7. The number of anilines is 1. The first-order chi connectivity index (χ1) is 14.6. The largest absolute Gasteiger partial charge is 0.351 e. The predicted molar refractivity (Wildman–Crippen MR) is 124 cm³/mol. The smallest absolute Gasteiger partial charge is 0.234 e. The number of rotatable bonds is 9. The van der Waals surface area contributed by atoms with Gasteiger partial charge in [0.1, 0.15) is 6.54 Å². The van der Waals surface area contributed by atoms with Crippen molar-refractivity contribution in [2.75, 3.05) is 29.9 Å². The van der Waals surface area contributed by atoms with Crippen molar-refractivity contribution in [3.05, 3.63) is 65.2 Å². The Morgan fingerprint density at radius 1 is 0.933 bits per heavy atom. The topological polar surface area (TPSA) is 62.6 Å². The normalized spacial score (nSPS) is 14.3.